The van der Waals surface area contributed by atoms with E-state index < -0.39 is 0 Å². The van der Waals surface area contributed by atoms with Crippen molar-refractivity contribution in [2.75, 3.05) is 32.1 Å². The van der Waals surface area contributed by atoms with Gasteiger partial charge in [-0.2, -0.15) is 0 Å². The molecule has 4 rings (SSSR count). The second kappa shape index (κ2) is 7.81. The fraction of sp³-hybridized carbons (Fsp3) is 0.478. The number of hydrogen-bond acceptors (Lipinski definition) is 3. The van der Waals surface area contributed by atoms with Crippen LogP contribution in [0.5, 0.6) is 0 Å². The van der Waals surface area contributed by atoms with Gasteiger partial charge in [0, 0.05) is 45.5 Å². The summed E-state index contributed by atoms with van der Waals surface area (Å²) in [6.07, 6.45) is 5.81. The normalized spacial score (nSPS) is 24.2. The first-order chi connectivity index (χ1) is 12.7. The van der Waals surface area contributed by atoms with Crippen molar-refractivity contribution < 1.29 is 0 Å². The average Bonchev–Trinajstić information content (AvgIpc) is 2.69. The number of fused-ring (bicyclic) bond motifs is 1. The van der Waals surface area contributed by atoms with Crippen LogP contribution in [0.25, 0.3) is 0 Å². The van der Waals surface area contributed by atoms with Crippen molar-refractivity contribution in [3.05, 3.63) is 65.7 Å². The molecule has 2 heterocycles. The van der Waals surface area contributed by atoms with E-state index in [-0.39, 0.29) is 0 Å². The van der Waals surface area contributed by atoms with Gasteiger partial charge in [-0.25, -0.2) is 0 Å². The summed E-state index contributed by atoms with van der Waals surface area (Å²) in [5.41, 5.74) is 4.13. The molecular formula is C23H31N3. The lowest BCUT2D eigenvalue weighted by Gasteiger charge is -2.51. The summed E-state index contributed by atoms with van der Waals surface area (Å²) >= 11 is 0. The van der Waals surface area contributed by atoms with Crippen LogP contribution in [0.3, 0.4) is 0 Å². The van der Waals surface area contributed by atoms with Gasteiger partial charge in [-0.15, -0.1) is 0 Å². The predicted molar refractivity (Wildman–Crippen MR) is 109 cm³/mol. The Morgan fingerprint density at radius 2 is 1.65 bits per heavy atom. The van der Waals surface area contributed by atoms with Crippen molar-refractivity contribution in [2.45, 2.75) is 44.4 Å². The summed E-state index contributed by atoms with van der Waals surface area (Å²) in [7, 11) is 4.22. The predicted octanol–water partition coefficient (Wildman–Crippen LogP) is 4.51. The molecule has 2 aliphatic rings. The molecule has 26 heavy (non-hydrogen) atoms. The van der Waals surface area contributed by atoms with Crippen LogP contribution in [-0.2, 0) is 6.54 Å². The highest BCUT2D eigenvalue weighted by molar-refractivity contribution is 5.46. The van der Waals surface area contributed by atoms with E-state index in [0.29, 0.717) is 6.17 Å². The van der Waals surface area contributed by atoms with Gasteiger partial charge in [-0.3, -0.25) is 9.80 Å². The van der Waals surface area contributed by atoms with Crippen LogP contribution in [0.2, 0.25) is 0 Å². The van der Waals surface area contributed by atoms with Crippen LogP contribution in [0, 0.1) is 0 Å². The second-order valence-electron chi connectivity index (χ2n) is 7.99. The average molecular weight is 350 g/mol. The van der Waals surface area contributed by atoms with Gasteiger partial charge in [0.25, 0.3) is 0 Å². The molecule has 3 heteroatoms. The highest BCUT2D eigenvalue weighted by Crippen LogP contribution is 2.38. The summed E-state index contributed by atoms with van der Waals surface area (Å²) in [6.45, 7) is 3.45. The van der Waals surface area contributed by atoms with Crippen molar-refractivity contribution in [1.82, 2.24) is 9.80 Å². The quantitative estimate of drug-likeness (QED) is 0.804. The lowest BCUT2D eigenvalue weighted by atomic mass is 9.93. The first-order valence-corrected chi connectivity index (χ1v) is 10.0. The Morgan fingerprint density at radius 3 is 2.38 bits per heavy atom. The molecule has 0 bridgehead atoms. The Bertz CT molecular complexity index is 695. The minimum Gasteiger partial charge on any atom is -0.378 e. The summed E-state index contributed by atoms with van der Waals surface area (Å²) < 4.78 is 0. The highest BCUT2D eigenvalue weighted by atomic mass is 15.4. The number of anilines is 1. The summed E-state index contributed by atoms with van der Waals surface area (Å²) in [4.78, 5) is 7.64. The monoisotopic (exact) mass is 349 g/mol. The molecule has 0 aromatic heterocycles. The molecule has 2 aliphatic heterocycles. The lowest BCUT2D eigenvalue weighted by molar-refractivity contribution is -0.0566. The van der Waals surface area contributed by atoms with Gasteiger partial charge in [0.15, 0.2) is 0 Å². The van der Waals surface area contributed by atoms with Crippen LogP contribution >= 0.6 is 0 Å². The third-order valence-electron chi connectivity index (χ3n) is 6.02. The molecule has 0 saturated carbocycles. The molecule has 0 radical (unpaired) electrons. The van der Waals surface area contributed by atoms with Crippen molar-refractivity contribution in [1.29, 1.82) is 0 Å². The van der Waals surface area contributed by atoms with Gasteiger partial charge in [0.1, 0.15) is 0 Å². The Kier molecular flexibility index (Phi) is 5.28. The van der Waals surface area contributed by atoms with E-state index in [1.165, 1.54) is 55.6 Å². The van der Waals surface area contributed by atoms with Gasteiger partial charge in [-0.05, 0) is 42.5 Å². The van der Waals surface area contributed by atoms with E-state index in [1.54, 1.807) is 0 Å². The number of rotatable bonds is 4. The fourth-order valence-corrected chi connectivity index (χ4v) is 4.63. The molecule has 2 atom stereocenters. The zero-order valence-electron chi connectivity index (χ0n) is 16.1. The number of nitrogens with zero attached hydrogens (tertiary/aromatic N) is 3. The zero-order chi connectivity index (χ0) is 17.9. The van der Waals surface area contributed by atoms with Crippen molar-refractivity contribution in [3.8, 4) is 0 Å². The molecule has 2 aromatic carbocycles. The van der Waals surface area contributed by atoms with Crippen LogP contribution < -0.4 is 4.90 Å². The minimum atomic E-state index is 0.408. The molecule has 2 aromatic rings. The Labute approximate surface area is 158 Å². The van der Waals surface area contributed by atoms with Crippen molar-refractivity contribution in [2.24, 2.45) is 0 Å². The van der Waals surface area contributed by atoms with Gasteiger partial charge < -0.3 is 4.90 Å². The molecular weight excluding hydrogens is 318 g/mol. The Balaban J connectivity index is 1.63. The van der Waals surface area contributed by atoms with Crippen molar-refractivity contribution >= 4 is 5.69 Å². The van der Waals surface area contributed by atoms with Gasteiger partial charge >= 0.3 is 0 Å². The summed E-state index contributed by atoms with van der Waals surface area (Å²) in [5, 5.41) is 0. The van der Waals surface area contributed by atoms with Gasteiger partial charge in [0.05, 0.1) is 6.17 Å². The zero-order valence-corrected chi connectivity index (χ0v) is 16.1. The van der Waals surface area contributed by atoms with Crippen LogP contribution in [-0.4, -0.2) is 43.0 Å². The number of benzene rings is 2. The van der Waals surface area contributed by atoms with E-state index in [1.807, 2.05) is 0 Å². The second-order valence-corrected chi connectivity index (χ2v) is 7.99. The van der Waals surface area contributed by atoms with Crippen LogP contribution in [0.4, 0.5) is 5.69 Å². The van der Waals surface area contributed by atoms with E-state index >= 15 is 0 Å². The van der Waals surface area contributed by atoms with Gasteiger partial charge in [0.2, 0.25) is 0 Å². The van der Waals surface area contributed by atoms with Crippen LogP contribution in [0.1, 0.15) is 43.0 Å². The third kappa shape index (κ3) is 3.65. The maximum Gasteiger partial charge on any atom is 0.0891 e. The van der Waals surface area contributed by atoms with E-state index in [2.05, 4.69) is 83.4 Å². The van der Waals surface area contributed by atoms with E-state index in [0.717, 1.165) is 12.6 Å². The fourth-order valence-electron chi connectivity index (χ4n) is 4.63. The Hall–Kier alpha value is -1.84. The lowest BCUT2D eigenvalue weighted by Crippen LogP contribution is -2.54. The summed E-state index contributed by atoms with van der Waals surface area (Å²) in [5.74, 6) is 0. The molecule has 0 aliphatic carbocycles. The maximum atomic E-state index is 2.78. The smallest absolute Gasteiger partial charge is 0.0891 e. The molecule has 138 valence electrons. The molecule has 2 fully saturated rings. The Morgan fingerprint density at radius 1 is 0.885 bits per heavy atom. The van der Waals surface area contributed by atoms with Gasteiger partial charge in [-0.1, -0.05) is 48.9 Å². The SMILES string of the molecule is CN(C)c1ccc([C@@H]2N(Cc3ccccc3)CC[C@H]3CCCCN32)cc1. The molecule has 2 saturated heterocycles. The largest absolute Gasteiger partial charge is 0.378 e. The molecule has 0 amide bonds. The molecule has 0 unspecified atom stereocenters. The number of hydrogen-bond donors (Lipinski definition) is 0. The highest BCUT2D eigenvalue weighted by Gasteiger charge is 2.37. The van der Waals surface area contributed by atoms with E-state index in [4.69, 9.17) is 0 Å². The molecule has 0 spiro atoms. The minimum absolute atomic E-state index is 0.408. The van der Waals surface area contributed by atoms with Crippen molar-refractivity contribution in [3.63, 3.8) is 0 Å². The van der Waals surface area contributed by atoms with Crippen LogP contribution in [0.15, 0.2) is 54.6 Å². The maximum absolute atomic E-state index is 2.78. The number of piperidine rings is 1. The molecule has 3 nitrogen and oxygen atoms in total. The molecule has 0 N–H and O–H groups in total. The first kappa shape index (κ1) is 17.6. The van der Waals surface area contributed by atoms with E-state index in [9.17, 15) is 0 Å². The first-order valence-electron chi connectivity index (χ1n) is 10.0. The summed E-state index contributed by atoms with van der Waals surface area (Å²) in [6, 6.07) is 20.9. The topological polar surface area (TPSA) is 9.72 Å². The standard InChI is InChI=1S/C23H31N3/c1-24(2)21-13-11-20(12-14-21)23-25(18-19-8-4-3-5-9-19)17-15-22-10-6-7-16-26(22)23/h3-5,8-9,11-14,22-23H,6-7,10,15-18H2,1-2H3/t22-,23-/m1/s1. The third-order valence-corrected chi connectivity index (χ3v) is 6.02.